The number of oxime groups is 1. The summed E-state index contributed by atoms with van der Waals surface area (Å²) in [7, 11) is 0. The van der Waals surface area contributed by atoms with Crippen LogP contribution in [0.4, 0.5) is 0 Å². The third-order valence-corrected chi connectivity index (χ3v) is 3.89. The van der Waals surface area contributed by atoms with Gasteiger partial charge in [0.1, 0.15) is 0 Å². The van der Waals surface area contributed by atoms with Gasteiger partial charge in [-0.15, -0.1) is 10.2 Å². The van der Waals surface area contributed by atoms with Crippen molar-refractivity contribution in [2.24, 2.45) is 10.9 Å². The Morgan fingerprint density at radius 2 is 1.95 bits per heavy atom. The first-order valence-electron chi connectivity index (χ1n) is 6.16. The van der Waals surface area contributed by atoms with E-state index in [1.165, 1.54) is 11.8 Å². The summed E-state index contributed by atoms with van der Waals surface area (Å²) < 4.78 is 5.39. The van der Waals surface area contributed by atoms with Crippen molar-refractivity contribution < 1.29 is 9.62 Å². The molecular formula is C14H12N4O2S. The summed E-state index contributed by atoms with van der Waals surface area (Å²) in [5, 5.41) is 22.1. The summed E-state index contributed by atoms with van der Waals surface area (Å²) in [6.07, 6.45) is 0. The molecule has 0 radical (unpaired) electrons. The normalized spacial score (nSPS) is 12.0. The van der Waals surface area contributed by atoms with Gasteiger partial charge >= 0.3 is 0 Å². The predicted octanol–water partition coefficient (Wildman–Crippen LogP) is 2.78. The Balaban J connectivity index is 2.13. The van der Waals surface area contributed by atoms with Crippen LogP contribution in [-0.4, -0.2) is 21.2 Å². The van der Waals surface area contributed by atoms with Gasteiger partial charge in [0.25, 0.3) is 5.22 Å². The Hall–Kier alpha value is -2.54. The molecule has 0 spiro atoms. The molecule has 21 heavy (non-hydrogen) atoms. The highest BCUT2D eigenvalue weighted by Crippen LogP contribution is 2.34. The van der Waals surface area contributed by atoms with E-state index in [1.807, 2.05) is 36.4 Å². The van der Waals surface area contributed by atoms with Gasteiger partial charge < -0.3 is 15.4 Å². The molecule has 0 aliphatic heterocycles. The van der Waals surface area contributed by atoms with Crippen LogP contribution in [0.15, 0.2) is 56.1 Å². The van der Waals surface area contributed by atoms with Crippen molar-refractivity contribution in [2.45, 2.75) is 17.0 Å². The molecule has 0 fully saturated rings. The molecule has 0 bridgehead atoms. The maximum absolute atomic E-state index is 8.88. The lowest BCUT2D eigenvalue weighted by molar-refractivity contribution is 0.318. The molecule has 0 aliphatic rings. The van der Waals surface area contributed by atoms with Crippen LogP contribution in [-0.2, 0) is 0 Å². The Kier molecular flexibility index (Phi) is 3.49. The van der Waals surface area contributed by atoms with Crippen LogP contribution in [0.3, 0.4) is 0 Å². The molecule has 3 rings (SSSR count). The number of aromatic nitrogens is 2. The lowest BCUT2D eigenvalue weighted by Crippen LogP contribution is -2.13. The van der Waals surface area contributed by atoms with Gasteiger partial charge in [0.15, 0.2) is 5.84 Å². The summed E-state index contributed by atoms with van der Waals surface area (Å²) in [6, 6.07) is 11.4. The number of nitrogens with zero attached hydrogens (tertiary/aromatic N) is 3. The minimum Gasteiger partial charge on any atom is -0.416 e. The standard InChI is InChI=1S/C14H12N4O2S/c1-8-16-17-14(20-8)21-12-7-6-11(13(15)18-19)9-4-2-3-5-10(9)12/h2-7,19H,1H3,(H2,15,18). The van der Waals surface area contributed by atoms with Crippen LogP contribution in [0.2, 0.25) is 0 Å². The number of fused-ring (bicyclic) bond motifs is 1. The summed E-state index contributed by atoms with van der Waals surface area (Å²) in [4.78, 5) is 0.962. The van der Waals surface area contributed by atoms with E-state index in [0.29, 0.717) is 16.7 Å². The Morgan fingerprint density at radius 3 is 2.62 bits per heavy atom. The van der Waals surface area contributed by atoms with E-state index in [4.69, 9.17) is 15.4 Å². The first kappa shape index (κ1) is 13.4. The average Bonchev–Trinajstić information content (AvgIpc) is 2.92. The lowest BCUT2D eigenvalue weighted by atomic mass is 10.0. The maximum atomic E-state index is 8.88. The summed E-state index contributed by atoms with van der Waals surface area (Å²) in [5.41, 5.74) is 6.40. The average molecular weight is 300 g/mol. The topological polar surface area (TPSA) is 97.5 Å². The van der Waals surface area contributed by atoms with Crippen LogP contribution in [0.25, 0.3) is 10.8 Å². The van der Waals surface area contributed by atoms with Gasteiger partial charge in [-0.2, -0.15) is 0 Å². The molecule has 0 saturated carbocycles. The van der Waals surface area contributed by atoms with Crippen LogP contribution in [0, 0.1) is 6.92 Å². The number of hydrogen-bond donors (Lipinski definition) is 2. The van der Waals surface area contributed by atoms with Crippen LogP contribution < -0.4 is 5.73 Å². The molecule has 0 atom stereocenters. The highest BCUT2D eigenvalue weighted by molar-refractivity contribution is 7.99. The second-order valence-corrected chi connectivity index (χ2v) is 5.32. The summed E-state index contributed by atoms with van der Waals surface area (Å²) in [6.45, 7) is 1.75. The van der Waals surface area contributed by atoms with Gasteiger partial charge in [-0.05, 0) is 34.7 Å². The van der Waals surface area contributed by atoms with Crippen LogP contribution in [0.5, 0.6) is 0 Å². The van der Waals surface area contributed by atoms with Crippen molar-refractivity contribution >= 4 is 28.4 Å². The molecule has 0 saturated heterocycles. The molecule has 3 N–H and O–H groups in total. The van der Waals surface area contributed by atoms with Gasteiger partial charge in [0, 0.05) is 17.4 Å². The Bertz CT molecular complexity index is 829. The summed E-state index contributed by atoms with van der Waals surface area (Å²) in [5.74, 6) is 0.603. The van der Waals surface area contributed by atoms with Gasteiger partial charge in [-0.3, -0.25) is 0 Å². The molecule has 0 unspecified atom stereocenters. The van der Waals surface area contributed by atoms with Crippen molar-refractivity contribution in [1.29, 1.82) is 0 Å². The van der Waals surface area contributed by atoms with E-state index >= 15 is 0 Å². The fraction of sp³-hybridized carbons (Fsp3) is 0.0714. The van der Waals surface area contributed by atoms with Gasteiger partial charge in [0.2, 0.25) is 5.89 Å². The van der Waals surface area contributed by atoms with Crippen molar-refractivity contribution in [3.63, 3.8) is 0 Å². The SMILES string of the molecule is Cc1nnc(Sc2ccc(/C(N)=N/O)c3ccccc23)o1. The highest BCUT2D eigenvalue weighted by atomic mass is 32.2. The molecule has 7 heteroatoms. The number of amidine groups is 1. The number of rotatable bonds is 3. The molecular weight excluding hydrogens is 288 g/mol. The second-order valence-electron chi connectivity index (χ2n) is 4.33. The van der Waals surface area contributed by atoms with E-state index in [0.717, 1.165) is 15.7 Å². The summed E-state index contributed by atoms with van der Waals surface area (Å²) >= 11 is 1.38. The third kappa shape index (κ3) is 2.55. The van der Waals surface area contributed by atoms with Gasteiger partial charge in [-0.1, -0.05) is 29.4 Å². The van der Waals surface area contributed by atoms with Crippen molar-refractivity contribution in [2.75, 3.05) is 0 Å². The first-order chi connectivity index (χ1) is 10.2. The monoisotopic (exact) mass is 300 g/mol. The molecule has 1 heterocycles. The van der Waals surface area contributed by atoms with Crippen LogP contribution in [0.1, 0.15) is 11.5 Å². The number of hydrogen-bond acceptors (Lipinski definition) is 6. The molecule has 3 aromatic rings. The quantitative estimate of drug-likeness (QED) is 0.334. The molecule has 0 amide bonds. The van der Waals surface area contributed by atoms with E-state index in [9.17, 15) is 0 Å². The smallest absolute Gasteiger partial charge is 0.281 e. The third-order valence-electron chi connectivity index (χ3n) is 2.97. The second kappa shape index (κ2) is 5.45. The van der Waals surface area contributed by atoms with E-state index < -0.39 is 0 Å². The van der Waals surface area contributed by atoms with Gasteiger partial charge in [-0.25, -0.2) is 0 Å². The maximum Gasteiger partial charge on any atom is 0.281 e. The molecule has 106 valence electrons. The molecule has 0 aliphatic carbocycles. The van der Waals surface area contributed by atoms with E-state index in [-0.39, 0.29) is 5.84 Å². The van der Waals surface area contributed by atoms with Crippen molar-refractivity contribution in [3.8, 4) is 0 Å². The number of aryl methyl sites for hydroxylation is 1. The predicted molar refractivity (Wildman–Crippen MR) is 79.6 cm³/mol. The zero-order valence-electron chi connectivity index (χ0n) is 11.1. The zero-order chi connectivity index (χ0) is 14.8. The number of nitrogens with two attached hydrogens (primary N) is 1. The Morgan fingerprint density at radius 1 is 1.19 bits per heavy atom. The van der Waals surface area contributed by atoms with Crippen molar-refractivity contribution in [1.82, 2.24) is 10.2 Å². The Labute approximate surface area is 124 Å². The fourth-order valence-corrected chi connectivity index (χ4v) is 2.91. The van der Waals surface area contributed by atoms with Crippen LogP contribution >= 0.6 is 11.8 Å². The molecule has 2 aromatic carbocycles. The van der Waals surface area contributed by atoms with E-state index in [2.05, 4.69) is 15.4 Å². The minimum atomic E-state index is 0.0800. The lowest BCUT2D eigenvalue weighted by Gasteiger charge is -2.08. The van der Waals surface area contributed by atoms with E-state index in [1.54, 1.807) is 6.92 Å². The van der Waals surface area contributed by atoms with Gasteiger partial charge in [0.05, 0.1) is 0 Å². The minimum absolute atomic E-state index is 0.0800. The van der Waals surface area contributed by atoms with Crippen molar-refractivity contribution in [3.05, 3.63) is 47.9 Å². The highest BCUT2D eigenvalue weighted by Gasteiger charge is 2.12. The zero-order valence-corrected chi connectivity index (χ0v) is 12.0. The molecule has 1 aromatic heterocycles. The fourth-order valence-electron chi connectivity index (χ4n) is 2.05. The molecule has 6 nitrogen and oxygen atoms in total. The number of benzene rings is 2. The first-order valence-corrected chi connectivity index (χ1v) is 6.98. The largest absolute Gasteiger partial charge is 0.416 e.